The Morgan fingerprint density at radius 2 is 2.20 bits per heavy atom. The molecule has 0 aliphatic heterocycles. The van der Waals surface area contributed by atoms with E-state index in [0.29, 0.717) is 5.02 Å². The van der Waals surface area contributed by atoms with Crippen LogP contribution < -0.4 is 0 Å². The van der Waals surface area contributed by atoms with E-state index in [1.54, 1.807) is 11.3 Å². The van der Waals surface area contributed by atoms with Crippen molar-refractivity contribution in [2.24, 2.45) is 0 Å². The molecule has 1 aromatic carbocycles. The number of hydrogen-bond acceptors (Lipinski definition) is 3. The summed E-state index contributed by atoms with van der Waals surface area (Å²) in [6.45, 7) is 0. The Bertz CT molecular complexity index is 518. The first kappa shape index (κ1) is 9.58. The van der Waals surface area contributed by atoms with E-state index in [0.717, 1.165) is 34.5 Å². The maximum absolute atomic E-state index is 10.2. The van der Waals surface area contributed by atoms with Crippen LogP contribution in [0.4, 0.5) is 0 Å². The van der Waals surface area contributed by atoms with Crippen LogP contribution in [0.5, 0.6) is 0 Å². The summed E-state index contributed by atoms with van der Waals surface area (Å²) >= 11 is 7.46. The number of aromatic nitrogens is 1. The molecule has 0 amide bonds. The highest BCUT2D eigenvalue weighted by Crippen LogP contribution is 2.43. The summed E-state index contributed by atoms with van der Waals surface area (Å²) in [5.41, 5.74) is 0.235. The summed E-state index contributed by atoms with van der Waals surface area (Å²) < 4.78 is 1.09. The summed E-state index contributed by atoms with van der Waals surface area (Å²) in [4.78, 5) is 4.45. The molecule has 2 nitrogen and oxygen atoms in total. The summed E-state index contributed by atoms with van der Waals surface area (Å²) in [5, 5.41) is 11.7. The normalized spacial score (nSPS) is 19.1. The van der Waals surface area contributed by atoms with Crippen molar-refractivity contribution in [3.05, 3.63) is 28.2 Å². The smallest absolute Gasteiger partial charge is 0.126 e. The van der Waals surface area contributed by atoms with Gasteiger partial charge in [0.1, 0.15) is 10.6 Å². The Labute approximate surface area is 96.5 Å². The number of fused-ring (bicyclic) bond motifs is 1. The van der Waals surface area contributed by atoms with Crippen molar-refractivity contribution < 1.29 is 5.11 Å². The van der Waals surface area contributed by atoms with Gasteiger partial charge < -0.3 is 5.11 Å². The third-order valence-corrected chi connectivity index (χ3v) is 4.39. The maximum Gasteiger partial charge on any atom is 0.126 e. The minimum absolute atomic E-state index is 0.657. The van der Waals surface area contributed by atoms with Crippen molar-refractivity contribution >= 4 is 33.2 Å². The highest BCUT2D eigenvalue weighted by atomic mass is 35.5. The lowest BCUT2D eigenvalue weighted by molar-refractivity contribution is -0.0387. The van der Waals surface area contributed by atoms with Crippen LogP contribution >= 0.6 is 22.9 Å². The lowest BCUT2D eigenvalue weighted by Gasteiger charge is -2.34. The minimum atomic E-state index is -0.657. The second-order valence-corrected chi connectivity index (χ2v) is 5.48. The van der Waals surface area contributed by atoms with Gasteiger partial charge in [0.25, 0.3) is 0 Å². The number of nitrogens with zero attached hydrogens (tertiary/aromatic N) is 1. The van der Waals surface area contributed by atoms with Crippen LogP contribution in [0.3, 0.4) is 0 Å². The van der Waals surface area contributed by atoms with Crippen LogP contribution in [0.25, 0.3) is 10.2 Å². The van der Waals surface area contributed by atoms with Gasteiger partial charge in [0, 0.05) is 5.02 Å². The Kier molecular flexibility index (Phi) is 2.03. The third kappa shape index (κ3) is 1.46. The minimum Gasteiger partial charge on any atom is -0.383 e. The number of aliphatic hydroxyl groups is 1. The fourth-order valence-corrected chi connectivity index (χ4v) is 3.08. The van der Waals surface area contributed by atoms with Crippen molar-refractivity contribution in [1.82, 2.24) is 4.98 Å². The molecule has 1 aliphatic carbocycles. The molecule has 0 spiro atoms. The molecule has 0 unspecified atom stereocenters. The van der Waals surface area contributed by atoms with Crippen LogP contribution in [0.2, 0.25) is 5.02 Å². The van der Waals surface area contributed by atoms with Crippen LogP contribution in [-0.2, 0) is 5.60 Å². The number of thiazole rings is 1. The van der Waals surface area contributed by atoms with E-state index in [2.05, 4.69) is 4.98 Å². The molecule has 0 radical (unpaired) electrons. The second kappa shape index (κ2) is 3.17. The first-order chi connectivity index (χ1) is 7.17. The van der Waals surface area contributed by atoms with E-state index in [1.165, 1.54) is 0 Å². The lowest BCUT2D eigenvalue weighted by atomic mass is 9.81. The predicted molar refractivity (Wildman–Crippen MR) is 62.4 cm³/mol. The molecular formula is C11H10ClNOS. The highest BCUT2D eigenvalue weighted by Gasteiger charge is 2.39. The average molecular weight is 240 g/mol. The van der Waals surface area contributed by atoms with Gasteiger partial charge in [-0.15, -0.1) is 11.3 Å². The van der Waals surface area contributed by atoms with Crippen molar-refractivity contribution in [1.29, 1.82) is 0 Å². The van der Waals surface area contributed by atoms with Crippen LogP contribution in [0.15, 0.2) is 18.2 Å². The van der Waals surface area contributed by atoms with E-state index >= 15 is 0 Å². The Hall–Kier alpha value is -0.640. The van der Waals surface area contributed by atoms with Crippen LogP contribution in [0, 0.1) is 0 Å². The summed E-state index contributed by atoms with van der Waals surface area (Å²) in [7, 11) is 0. The molecule has 3 rings (SSSR count). The van der Waals surface area contributed by atoms with Gasteiger partial charge in [-0.05, 0) is 37.5 Å². The molecule has 1 heterocycles. The van der Waals surface area contributed by atoms with Crippen molar-refractivity contribution in [3.8, 4) is 0 Å². The van der Waals surface area contributed by atoms with Gasteiger partial charge in [-0.1, -0.05) is 11.6 Å². The molecule has 4 heteroatoms. The first-order valence-corrected chi connectivity index (χ1v) is 6.16. The molecule has 1 N–H and O–H groups in total. The molecule has 0 bridgehead atoms. The zero-order valence-electron chi connectivity index (χ0n) is 8.03. The molecule has 0 saturated heterocycles. The van der Waals surface area contributed by atoms with Gasteiger partial charge in [-0.3, -0.25) is 0 Å². The molecule has 1 saturated carbocycles. The third-order valence-electron chi connectivity index (χ3n) is 2.93. The average Bonchev–Trinajstić information content (AvgIpc) is 2.57. The second-order valence-electron chi connectivity index (χ2n) is 4.02. The summed E-state index contributed by atoms with van der Waals surface area (Å²) in [5.74, 6) is 0. The molecular weight excluding hydrogens is 230 g/mol. The van der Waals surface area contributed by atoms with Gasteiger partial charge in [0.15, 0.2) is 0 Å². The fraction of sp³-hybridized carbons (Fsp3) is 0.364. The topological polar surface area (TPSA) is 33.1 Å². The highest BCUT2D eigenvalue weighted by molar-refractivity contribution is 7.18. The van der Waals surface area contributed by atoms with Crippen molar-refractivity contribution in [3.63, 3.8) is 0 Å². The monoisotopic (exact) mass is 239 g/mol. The fourth-order valence-electron chi connectivity index (χ4n) is 1.83. The van der Waals surface area contributed by atoms with Gasteiger partial charge in [0.2, 0.25) is 0 Å². The Morgan fingerprint density at radius 1 is 1.40 bits per heavy atom. The number of hydrogen-bond donors (Lipinski definition) is 1. The van der Waals surface area contributed by atoms with E-state index in [1.807, 2.05) is 18.2 Å². The molecule has 1 fully saturated rings. The van der Waals surface area contributed by atoms with Crippen LogP contribution in [-0.4, -0.2) is 10.1 Å². The largest absolute Gasteiger partial charge is 0.383 e. The predicted octanol–water partition coefficient (Wildman–Crippen LogP) is 3.32. The van der Waals surface area contributed by atoms with Gasteiger partial charge >= 0.3 is 0 Å². The Balaban J connectivity index is 2.14. The Morgan fingerprint density at radius 3 is 2.87 bits per heavy atom. The molecule has 1 aliphatic rings. The number of halogens is 1. The van der Waals surface area contributed by atoms with Gasteiger partial charge in [-0.25, -0.2) is 4.98 Å². The zero-order valence-corrected chi connectivity index (χ0v) is 9.61. The van der Waals surface area contributed by atoms with Crippen LogP contribution in [0.1, 0.15) is 24.3 Å². The van der Waals surface area contributed by atoms with E-state index in [4.69, 9.17) is 11.6 Å². The van der Waals surface area contributed by atoms with E-state index in [-0.39, 0.29) is 0 Å². The van der Waals surface area contributed by atoms with Gasteiger partial charge in [0.05, 0.1) is 10.2 Å². The number of benzene rings is 1. The lowest BCUT2D eigenvalue weighted by Crippen LogP contribution is -2.33. The van der Waals surface area contributed by atoms with Crippen molar-refractivity contribution in [2.75, 3.05) is 0 Å². The molecule has 2 aromatic rings. The van der Waals surface area contributed by atoms with E-state index < -0.39 is 5.60 Å². The van der Waals surface area contributed by atoms with E-state index in [9.17, 15) is 5.11 Å². The molecule has 0 atom stereocenters. The molecule has 78 valence electrons. The standard InChI is InChI=1S/C11H10ClNOS/c12-7-2-3-9-8(6-7)13-10(15-9)11(14)4-1-5-11/h2-3,6,14H,1,4-5H2. The first-order valence-electron chi connectivity index (χ1n) is 4.96. The van der Waals surface area contributed by atoms with Gasteiger partial charge in [-0.2, -0.15) is 0 Å². The summed E-state index contributed by atoms with van der Waals surface area (Å²) in [6, 6.07) is 5.66. The maximum atomic E-state index is 10.2. The zero-order chi connectivity index (χ0) is 10.5. The molecule has 15 heavy (non-hydrogen) atoms. The SMILES string of the molecule is OC1(c2nc3cc(Cl)ccc3s2)CCC1. The molecule has 1 aromatic heterocycles. The number of rotatable bonds is 1. The van der Waals surface area contributed by atoms with Crippen molar-refractivity contribution in [2.45, 2.75) is 24.9 Å². The quantitative estimate of drug-likeness (QED) is 0.828. The summed E-state index contributed by atoms with van der Waals surface area (Å²) in [6.07, 6.45) is 2.76.